The summed E-state index contributed by atoms with van der Waals surface area (Å²) < 4.78 is 29.2. The Labute approximate surface area is 131 Å². The normalized spacial score (nSPS) is 17.2. The molecule has 1 aliphatic heterocycles. The highest BCUT2D eigenvalue weighted by atomic mass is 32.2. The van der Waals surface area contributed by atoms with Crippen molar-refractivity contribution in [2.24, 2.45) is 5.73 Å². The van der Waals surface area contributed by atoms with Crippen molar-refractivity contribution in [1.82, 2.24) is 4.31 Å². The number of hydrogen-bond donors (Lipinski definition) is 2. The average molecular weight is 327 g/mol. The minimum Gasteiger partial charge on any atom is -0.389 e. The van der Waals surface area contributed by atoms with E-state index in [2.05, 4.69) is 4.72 Å². The van der Waals surface area contributed by atoms with Crippen molar-refractivity contribution in [2.75, 3.05) is 17.8 Å². The van der Waals surface area contributed by atoms with Gasteiger partial charge in [-0.1, -0.05) is 37.2 Å². The van der Waals surface area contributed by atoms with Crippen LogP contribution in [0.4, 0.5) is 5.69 Å². The van der Waals surface area contributed by atoms with Gasteiger partial charge in [-0.3, -0.25) is 4.72 Å². The van der Waals surface area contributed by atoms with Gasteiger partial charge in [0.15, 0.2) is 0 Å². The molecule has 1 heterocycles. The smallest absolute Gasteiger partial charge is 0.301 e. The zero-order chi connectivity index (χ0) is 15.5. The van der Waals surface area contributed by atoms with E-state index in [-0.39, 0.29) is 4.99 Å². The zero-order valence-corrected chi connectivity index (χ0v) is 13.8. The Bertz CT molecular complexity index is 621. The summed E-state index contributed by atoms with van der Waals surface area (Å²) in [5.74, 6) is 0. The zero-order valence-electron chi connectivity index (χ0n) is 12.1. The van der Waals surface area contributed by atoms with Gasteiger partial charge in [-0.15, -0.1) is 0 Å². The first-order valence-electron chi connectivity index (χ1n) is 7.08. The predicted molar refractivity (Wildman–Crippen MR) is 89.6 cm³/mol. The lowest BCUT2D eigenvalue weighted by molar-refractivity contribution is 0.427. The van der Waals surface area contributed by atoms with Crippen LogP contribution in [0.15, 0.2) is 18.2 Å². The number of anilines is 1. The summed E-state index contributed by atoms with van der Waals surface area (Å²) in [4.78, 5) is 0.255. The molecule has 21 heavy (non-hydrogen) atoms. The van der Waals surface area contributed by atoms with Crippen LogP contribution in [0.5, 0.6) is 0 Å². The van der Waals surface area contributed by atoms with Gasteiger partial charge < -0.3 is 5.73 Å². The number of benzene rings is 1. The molecule has 0 aliphatic carbocycles. The largest absolute Gasteiger partial charge is 0.389 e. The highest BCUT2D eigenvalue weighted by molar-refractivity contribution is 7.90. The Balaban J connectivity index is 2.23. The van der Waals surface area contributed by atoms with Crippen LogP contribution in [0.25, 0.3) is 0 Å². The molecule has 0 saturated carbocycles. The van der Waals surface area contributed by atoms with E-state index >= 15 is 0 Å². The quantitative estimate of drug-likeness (QED) is 0.831. The van der Waals surface area contributed by atoms with E-state index in [0.717, 1.165) is 31.2 Å². The number of nitrogens with zero attached hydrogens (tertiary/aromatic N) is 1. The van der Waals surface area contributed by atoms with Gasteiger partial charge in [0.25, 0.3) is 0 Å². The van der Waals surface area contributed by atoms with Crippen molar-refractivity contribution in [3.05, 3.63) is 29.3 Å². The van der Waals surface area contributed by atoms with E-state index in [9.17, 15) is 8.42 Å². The fraction of sp³-hybridized carbons (Fsp3) is 0.500. The molecular weight excluding hydrogens is 306 g/mol. The molecule has 1 aromatic carbocycles. The van der Waals surface area contributed by atoms with Crippen LogP contribution in [-0.2, 0) is 10.2 Å². The maximum Gasteiger partial charge on any atom is 0.301 e. The molecule has 0 bridgehead atoms. The Hall–Kier alpha value is -1.18. The second kappa shape index (κ2) is 6.72. The van der Waals surface area contributed by atoms with Crippen LogP contribution < -0.4 is 10.5 Å². The van der Waals surface area contributed by atoms with Gasteiger partial charge >= 0.3 is 10.2 Å². The topological polar surface area (TPSA) is 75.4 Å². The van der Waals surface area contributed by atoms with Crippen molar-refractivity contribution in [3.8, 4) is 0 Å². The van der Waals surface area contributed by atoms with E-state index in [1.165, 1.54) is 4.31 Å². The molecule has 1 aliphatic rings. The van der Waals surface area contributed by atoms with Crippen molar-refractivity contribution >= 4 is 33.1 Å². The van der Waals surface area contributed by atoms with Crippen LogP contribution in [0.1, 0.15) is 36.8 Å². The maximum atomic E-state index is 12.5. The maximum absolute atomic E-state index is 12.5. The molecule has 0 radical (unpaired) electrons. The molecule has 116 valence electrons. The van der Waals surface area contributed by atoms with Crippen LogP contribution in [0.2, 0.25) is 0 Å². The number of thiocarbonyl (C=S) groups is 1. The van der Waals surface area contributed by atoms with E-state index in [0.29, 0.717) is 24.3 Å². The van der Waals surface area contributed by atoms with E-state index in [1.54, 1.807) is 12.1 Å². The van der Waals surface area contributed by atoms with Gasteiger partial charge in [0, 0.05) is 18.7 Å². The Morgan fingerprint density at radius 3 is 2.43 bits per heavy atom. The molecule has 1 saturated heterocycles. The average Bonchev–Trinajstić information content (AvgIpc) is 2.70. The minimum atomic E-state index is -3.53. The van der Waals surface area contributed by atoms with Crippen LogP contribution in [0, 0.1) is 6.92 Å². The van der Waals surface area contributed by atoms with E-state index < -0.39 is 10.2 Å². The second-order valence-electron chi connectivity index (χ2n) is 5.31. The van der Waals surface area contributed by atoms with Crippen molar-refractivity contribution < 1.29 is 8.42 Å². The molecule has 0 amide bonds. The van der Waals surface area contributed by atoms with Gasteiger partial charge in [-0.05, 0) is 31.4 Å². The van der Waals surface area contributed by atoms with E-state index in [1.807, 2.05) is 13.0 Å². The van der Waals surface area contributed by atoms with Gasteiger partial charge in [0.2, 0.25) is 0 Å². The third-order valence-electron chi connectivity index (χ3n) is 3.67. The first kappa shape index (κ1) is 16.2. The summed E-state index contributed by atoms with van der Waals surface area (Å²) in [6, 6.07) is 5.29. The van der Waals surface area contributed by atoms with Gasteiger partial charge in [-0.2, -0.15) is 12.7 Å². The summed E-state index contributed by atoms with van der Waals surface area (Å²) in [5, 5.41) is 0. The molecule has 1 fully saturated rings. The number of nitrogens with one attached hydrogen (secondary N) is 1. The molecule has 0 atom stereocenters. The van der Waals surface area contributed by atoms with Crippen molar-refractivity contribution in [2.45, 2.75) is 32.6 Å². The van der Waals surface area contributed by atoms with Gasteiger partial charge in [0.05, 0.1) is 5.69 Å². The standard InChI is InChI=1S/C14H21N3O2S2/c1-11-6-7-12(14(15)20)10-13(11)16-21(18,19)17-8-4-2-3-5-9-17/h6-7,10,16H,2-5,8-9H2,1H3,(H2,15,20). The molecule has 7 heteroatoms. The number of nitrogens with two attached hydrogens (primary N) is 1. The first-order chi connectivity index (χ1) is 9.90. The van der Waals surface area contributed by atoms with Crippen LogP contribution in [0.3, 0.4) is 0 Å². The Morgan fingerprint density at radius 2 is 1.86 bits per heavy atom. The first-order valence-corrected chi connectivity index (χ1v) is 8.93. The van der Waals surface area contributed by atoms with Gasteiger partial charge in [-0.25, -0.2) is 0 Å². The molecule has 2 rings (SSSR count). The highest BCUT2D eigenvalue weighted by Gasteiger charge is 2.23. The van der Waals surface area contributed by atoms with Crippen LogP contribution in [-0.4, -0.2) is 30.8 Å². The number of aryl methyl sites for hydroxylation is 1. The monoisotopic (exact) mass is 327 g/mol. The fourth-order valence-corrected chi connectivity index (χ4v) is 3.86. The summed E-state index contributed by atoms with van der Waals surface area (Å²) in [7, 11) is -3.53. The molecule has 1 aromatic rings. The number of rotatable bonds is 4. The second-order valence-corrected chi connectivity index (χ2v) is 7.42. The van der Waals surface area contributed by atoms with Gasteiger partial charge in [0.1, 0.15) is 4.99 Å². The third kappa shape index (κ3) is 4.15. The summed E-state index contributed by atoms with van der Waals surface area (Å²) in [6.07, 6.45) is 3.99. The lowest BCUT2D eigenvalue weighted by atomic mass is 10.1. The predicted octanol–water partition coefficient (Wildman–Crippen LogP) is 2.16. The Morgan fingerprint density at radius 1 is 1.24 bits per heavy atom. The number of hydrogen-bond acceptors (Lipinski definition) is 3. The fourth-order valence-electron chi connectivity index (χ4n) is 2.37. The van der Waals surface area contributed by atoms with Crippen molar-refractivity contribution in [1.29, 1.82) is 0 Å². The van der Waals surface area contributed by atoms with Crippen LogP contribution >= 0.6 is 12.2 Å². The van der Waals surface area contributed by atoms with Crippen molar-refractivity contribution in [3.63, 3.8) is 0 Å². The molecule has 0 unspecified atom stereocenters. The SMILES string of the molecule is Cc1ccc(C(N)=S)cc1NS(=O)(=O)N1CCCCCC1. The lowest BCUT2D eigenvalue weighted by Gasteiger charge is -2.21. The molecule has 5 nitrogen and oxygen atoms in total. The minimum absolute atomic E-state index is 0.255. The third-order valence-corrected chi connectivity index (χ3v) is 5.42. The summed E-state index contributed by atoms with van der Waals surface area (Å²) in [5.41, 5.74) is 7.63. The van der Waals surface area contributed by atoms with E-state index in [4.69, 9.17) is 18.0 Å². The Kier molecular flexibility index (Phi) is 5.18. The lowest BCUT2D eigenvalue weighted by Crippen LogP contribution is -2.36. The highest BCUT2D eigenvalue weighted by Crippen LogP contribution is 2.21. The summed E-state index contributed by atoms with van der Waals surface area (Å²) in [6.45, 7) is 3.00. The molecule has 3 N–H and O–H groups in total. The molecule has 0 spiro atoms. The molecule has 0 aromatic heterocycles. The summed E-state index contributed by atoms with van der Waals surface area (Å²) >= 11 is 4.94. The molecular formula is C14H21N3O2S2.